The van der Waals surface area contributed by atoms with Gasteiger partial charge in [-0.3, -0.25) is 9.97 Å². The number of benzene rings is 2. The quantitative estimate of drug-likeness (QED) is 0.271. The second-order valence-electron chi connectivity index (χ2n) is 7.31. The van der Waals surface area contributed by atoms with Crippen LogP contribution >= 0.6 is 15.9 Å². The maximum absolute atomic E-state index is 5.39. The molecule has 0 spiro atoms. The molecule has 0 aliphatic carbocycles. The fourth-order valence-electron chi connectivity index (χ4n) is 3.74. The molecule has 2 aromatic carbocycles. The minimum Gasteiger partial charge on any atom is -0.497 e. The normalized spacial score (nSPS) is 10.7. The summed E-state index contributed by atoms with van der Waals surface area (Å²) in [6.07, 6.45) is 3.53. The van der Waals surface area contributed by atoms with E-state index in [1.165, 1.54) is 0 Å². The van der Waals surface area contributed by atoms with Crippen LogP contribution < -0.4 is 4.74 Å². The third-order valence-electron chi connectivity index (χ3n) is 5.30. The molecule has 0 unspecified atom stereocenters. The van der Waals surface area contributed by atoms with E-state index in [0.717, 1.165) is 43.9 Å². The predicted molar refractivity (Wildman–Crippen MR) is 134 cm³/mol. The first-order chi connectivity index (χ1) is 16.2. The second-order valence-corrected chi connectivity index (χ2v) is 8.23. The van der Waals surface area contributed by atoms with Crippen LogP contribution in [-0.2, 0) is 0 Å². The summed E-state index contributed by atoms with van der Waals surface area (Å²) in [6, 6.07) is 27.7. The average Bonchev–Trinajstić information content (AvgIpc) is 2.89. The lowest BCUT2D eigenvalue weighted by Gasteiger charge is -2.18. The molecule has 0 saturated carbocycles. The van der Waals surface area contributed by atoms with Crippen LogP contribution in [0.1, 0.15) is 0 Å². The molecule has 3 aromatic heterocycles. The van der Waals surface area contributed by atoms with Crippen LogP contribution in [0.15, 0.2) is 102 Å². The summed E-state index contributed by atoms with van der Waals surface area (Å²) < 4.78 is 6.39. The molecule has 5 aromatic rings. The highest BCUT2D eigenvalue weighted by Crippen LogP contribution is 2.43. The summed E-state index contributed by atoms with van der Waals surface area (Å²) in [5.41, 5.74) is 6.81. The lowest BCUT2D eigenvalue weighted by atomic mass is 9.90. The first-order valence-electron chi connectivity index (χ1n) is 10.4. The van der Waals surface area contributed by atoms with Crippen LogP contribution in [0.2, 0.25) is 0 Å². The average molecular weight is 495 g/mol. The highest BCUT2D eigenvalue weighted by Gasteiger charge is 2.23. The number of hydrogen-bond donors (Lipinski definition) is 0. The first-order valence-corrected chi connectivity index (χ1v) is 11.2. The van der Waals surface area contributed by atoms with E-state index in [9.17, 15) is 0 Å². The van der Waals surface area contributed by atoms with Crippen molar-refractivity contribution in [3.05, 3.63) is 102 Å². The van der Waals surface area contributed by atoms with Gasteiger partial charge in [-0.05, 0) is 59.7 Å². The summed E-state index contributed by atoms with van der Waals surface area (Å²) in [6.45, 7) is 0. The van der Waals surface area contributed by atoms with Crippen molar-refractivity contribution >= 4 is 15.9 Å². The lowest BCUT2D eigenvalue weighted by Crippen LogP contribution is -2.02. The van der Waals surface area contributed by atoms with Gasteiger partial charge >= 0.3 is 0 Å². The first kappa shape index (κ1) is 21.0. The fourth-order valence-corrected chi connectivity index (χ4v) is 4.00. The molecule has 5 nitrogen and oxygen atoms in total. The van der Waals surface area contributed by atoms with E-state index in [4.69, 9.17) is 4.74 Å². The fraction of sp³-hybridized carbons (Fsp3) is 0.0370. The third kappa shape index (κ3) is 4.25. The summed E-state index contributed by atoms with van der Waals surface area (Å²) in [5, 5.41) is 9.31. The minimum absolute atomic E-state index is 0.707. The zero-order valence-corrected chi connectivity index (χ0v) is 19.4. The van der Waals surface area contributed by atoms with E-state index in [1.54, 1.807) is 19.5 Å². The summed E-state index contributed by atoms with van der Waals surface area (Å²) in [4.78, 5) is 9.14. The van der Waals surface area contributed by atoms with Crippen LogP contribution in [-0.4, -0.2) is 27.3 Å². The summed E-state index contributed by atoms with van der Waals surface area (Å²) in [5.74, 6) is 0.787. The smallest absolute Gasteiger partial charge is 0.120 e. The van der Waals surface area contributed by atoms with Crippen molar-refractivity contribution in [2.75, 3.05) is 7.11 Å². The zero-order chi connectivity index (χ0) is 22.6. The number of pyridine rings is 2. The minimum atomic E-state index is 0.707. The summed E-state index contributed by atoms with van der Waals surface area (Å²) >= 11 is 3.55. The van der Waals surface area contributed by atoms with E-state index in [1.807, 2.05) is 72.8 Å². The second kappa shape index (κ2) is 9.30. The number of nitrogens with zero attached hydrogens (tertiary/aromatic N) is 4. The Balaban J connectivity index is 1.88. The standard InChI is InChI=1S/C27H19BrN4O/c1-33-21-14-10-19(11-15-21)25-24(18-8-12-20(28)13-9-18)26(22-6-2-4-16-29-22)31-32-27(25)23-7-3-5-17-30-23/h2-17H,1H3. The van der Waals surface area contributed by atoms with Crippen LogP contribution in [0, 0.1) is 0 Å². The van der Waals surface area contributed by atoms with E-state index >= 15 is 0 Å². The molecule has 0 aliphatic heterocycles. The van der Waals surface area contributed by atoms with Gasteiger partial charge in [0.15, 0.2) is 0 Å². The summed E-state index contributed by atoms with van der Waals surface area (Å²) in [7, 11) is 1.66. The Morgan fingerprint density at radius 3 is 1.52 bits per heavy atom. The van der Waals surface area contributed by atoms with E-state index in [0.29, 0.717) is 11.4 Å². The molecule has 6 heteroatoms. The van der Waals surface area contributed by atoms with Crippen molar-refractivity contribution in [2.45, 2.75) is 0 Å². The Bertz CT molecular complexity index is 1370. The monoisotopic (exact) mass is 494 g/mol. The van der Waals surface area contributed by atoms with Crippen molar-refractivity contribution in [3.63, 3.8) is 0 Å². The molecule has 0 saturated heterocycles. The molecule has 0 N–H and O–H groups in total. The Hall–Kier alpha value is -3.90. The zero-order valence-electron chi connectivity index (χ0n) is 17.8. The predicted octanol–water partition coefficient (Wildman–Crippen LogP) is 6.71. The molecule has 0 amide bonds. The molecule has 0 aliphatic rings. The molecule has 0 bridgehead atoms. The molecule has 3 heterocycles. The van der Waals surface area contributed by atoms with Crippen molar-refractivity contribution < 1.29 is 4.74 Å². The Morgan fingerprint density at radius 1 is 0.606 bits per heavy atom. The van der Waals surface area contributed by atoms with Crippen molar-refractivity contribution in [1.82, 2.24) is 20.2 Å². The molecule has 5 rings (SSSR count). The van der Waals surface area contributed by atoms with Crippen molar-refractivity contribution in [2.24, 2.45) is 0 Å². The van der Waals surface area contributed by atoms with Crippen LogP contribution in [0.4, 0.5) is 0 Å². The van der Waals surface area contributed by atoms with E-state index in [-0.39, 0.29) is 0 Å². The van der Waals surface area contributed by atoms with Gasteiger partial charge in [0.25, 0.3) is 0 Å². The van der Waals surface area contributed by atoms with Gasteiger partial charge < -0.3 is 4.74 Å². The van der Waals surface area contributed by atoms with E-state index in [2.05, 4.69) is 48.2 Å². The highest BCUT2D eigenvalue weighted by atomic mass is 79.9. The molecular weight excluding hydrogens is 476 g/mol. The largest absolute Gasteiger partial charge is 0.497 e. The van der Waals surface area contributed by atoms with Gasteiger partial charge in [-0.1, -0.05) is 52.3 Å². The van der Waals surface area contributed by atoms with Crippen LogP contribution in [0.25, 0.3) is 45.0 Å². The number of methoxy groups -OCH3 is 1. The Morgan fingerprint density at radius 2 is 1.09 bits per heavy atom. The van der Waals surface area contributed by atoms with Crippen molar-refractivity contribution in [1.29, 1.82) is 0 Å². The molecular formula is C27H19BrN4O. The SMILES string of the molecule is COc1ccc(-c2c(-c3ccccn3)nnc(-c3ccccn3)c2-c2ccc(Br)cc2)cc1. The van der Waals surface area contributed by atoms with Gasteiger partial charge in [0.1, 0.15) is 17.1 Å². The van der Waals surface area contributed by atoms with Gasteiger partial charge in [0.2, 0.25) is 0 Å². The lowest BCUT2D eigenvalue weighted by molar-refractivity contribution is 0.415. The van der Waals surface area contributed by atoms with Crippen LogP contribution in [0.5, 0.6) is 5.75 Å². The maximum Gasteiger partial charge on any atom is 0.120 e. The topological polar surface area (TPSA) is 60.8 Å². The maximum atomic E-state index is 5.39. The van der Waals surface area contributed by atoms with E-state index < -0.39 is 0 Å². The molecule has 0 atom stereocenters. The molecule has 160 valence electrons. The van der Waals surface area contributed by atoms with Gasteiger partial charge in [-0.25, -0.2) is 0 Å². The molecule has 0 fully saturated rings. The van der Waals surface area contributed by atoms with Gasteiger partial charge in [0, 0.05) is 28.0 Å². The van der Waals surface area contributed by atoms with Gasteiger partial charge in [-0.15, -0.1) is 10.2 Å². The Kier molecular flexibility index (Phi) is 5.91. The third-order valence-corrected chi connectivity index (χ3v) is 5.83. The van der Waals surface area contributed by atoms with Gasteiger partial charge in [0.05, 0.1) is 18.5 Å². The number of aromatic nitrogens is 4. The molecule has 33 heavy (non-hydrogen) atoms. The highest BCUT2D eigenvalue weighted by molar-refractivity contribution is 9.10. The molecule has 0 radical (unpaired) electrons. The number of ether oxygens (including phenoxy) is 1. The van der Waals surface area contributed by atoms with Crippen molar-refractivity contribution in [3.8, 4) is 50.8 Å². The number of hydrogen-bond acceptors (Lipinski definition) is 5. The van der Waals surface area contributed by atoms with Crippen LogP contribution in [0.3, 0.4) is 0 Å². The number of halogens is 1. The number of rotatable bonds is 5. The van der Waals surface area contributed by atoms with Gasteiger partial charge in [-0.2, -0.15) is 0 Å². The Labute approximate surface area is 200 Å².